The van der Waals surface area contributed by atoms with Gasteiger partial charge in [-0.3, -0.25) is 15.5 Å². The molecule has 0 unspecified atom stereocenters. The van der Waals surface area contributed by atoms with Crippen LogP contribution in [-0.4, -0.2) is 15.7 Å². The molecule has 0 fully saturated rings. The molecule has 7 heteroatoms. The number of nitrogens with two attached hydrogens (primary N) is 1. The standard InChI is InChI=1S/C13H12N4O2S/c1-8-2-7-11(12(14)15)13(16-8)20-10-5-3-9(4-6-10)17(18)19/h2-7H,1H3,(H3,14,15). The molecule has 0 spiro atoms. The molecule has 0 aliphatic rings. The summed E-state index contributed by atoms with van der Waals surface area (Å²) in [5.74, 6) is -0.0538. The number of hydrogen-bond donors (Lipinski definition) is 2. The molecule has 3 N–H and O–H groups in total. The average molecular weight is 288 g/mol. The molecule has 0 aliphatic heterocycles. The van der Waals surface area contributed by atoms with Crippen molar-refractivity contribution in [3.8, 4) is 0 Å². The number of hydrogen-bond acceptors (Lipinski definition) is 5. The summed E-state index contributed by atoms with van der Waals surface area (Å²) in [4.78, 5) is 15.3. The molecule has 1 aromatic heterocycles. The van der Waals surface area contributed by atoms with Crippen molar-refractivity contribution in [1.82, 2.24) is 4.98 Å². The van der Waals surface area contributed by atoms with Crippen LogP contribution in [0.1, 0.15) is 11.3 Å². The second kappa shape index (κ2) is 5.70. The van der Waals surface area contributed by atoms with Gasteiger partial charge in [-0.1, -0.05) is 11.8 Å². The zero-order valence-corrected chi connectivity index (χ0v) is 11.5. The minimum Gasteiger partial charge on any atom is -0.384 e. The van der Waals surface area contributed by atoms with Crippen molar-refractivity contribution in [2.24, 2.45) is 5.73 Å². The molecular weight excluding hydrogens is 276 g/mol. The normalized spacial score (nSPS) is 10.2. The second-order valence-electron chi connectivity index (χ2n) is 4.07. The summed E-state index contributed by atoms with van der Waals surface area (Å²) in [7, 11) is 0. The number of nitrogen functional groups attached to an aromatic ring is 1. The SMILES string of the molecule is Cc1ccc(C(=N)N)c(Sc2ccc([N+](=O)[O-])cc2)n1. The Kier molecular flexibility index (Phi) is 3.99. The number of amidine groups is 1. The molecule has 2 rings (SSSR count). The number of nitro benzene ring substituents is 1. The smallest absolute Gasteiger partial charge is 0.269 e. The summed E-state index contributed by atoms with van der Waals surface area (Å²) in [6, 6.07) is 9.71. The van der Waals surface area contributed by atoms with Gasteiger partial charge in [0.2, 0.25) is 0 Å². The molecule has 0 aliphatic carbocycles. The van der Waals surface area contributed by atoms with Crippen molar-refractivity contribution in [2.45, 2.75) is 16.8 Å². The molecule has 102 valence electrons. The molecule has 20 heavy (non-hydrogen) atoms. The van der Waals surface area contributed by atoms with Crippen LogP contribution in [0.2, 0.25) is 0 Å². The van der Waals surface area contributed by atoms with E-state index in [-0.39, 0.29) is 11.5 Å². The Morgan fingerprint density at radius 2 is 1.95 bits per heavy atom. The lowest BCUT2D eigenvalue weighted by atomic mass is 10.2. The first-order chi connectivity index (χ1) is 9.47. The van der Waals surface area contributed by atoms with Crippen molar-refractivity contribution in [1.29, 1.82) is 5.41 Å². The van der Waals surface area contributed by atoms with Crippen LogP contribution in [-0.2, 0) is 0 Å². The fourth-order valence-corrected chi connectivity index (χ4v) is 2.54. The molecule has 6 nitrogen and oxygen atoms in total. The van der Waals surface area contributed by atoms with Gasteiger partial charge >= 0.3 is 0 Å². The summed E-state index contributed by atoms with van der Waals surface area (Å²) in [5, 5.41) is 18.8. The maximum atomic E-state index is 10.6. The lowest BCUT2D eigenvalue weighted by molar-refractivity contribution is -0.384. The molecule has 1 heterocycles. The van der Waals surface area contributed by atoms with Crippen LogP contribution in [0.4, 0.5) is 5.69 Å². The zero-order chi connectivity index (χ0) is 14.7. The Hall–Kier alpha value is -2.41. The Balaban J connectivity index is 2.31. The largest absolute Gasteiger partial charge is 0.384 e. The number of aromatic nitrogens is 1. The first-order valence-corrected chi connectivity index (χ1v) is 6.53. The van der Waals surface area contributed by atoms with Crippen LogP contribution in [0.25, 0.3) is 0 Å². The lowest BCUT2D eigenvalue weighted by Crippen LogP contribution is -2.13. The van der Waals surface area contributed by atoms with Crippen molar-refractivity contribution in [2.75, 3.05) is 0 Å². The summed E-state index contributed by atoms with van der Waals surface area (Å²) >= 11 is 1.32. The molecule has 0 saturated carbocycles. The predicted octanol–water partition coefficient (Wildman–Crippen LogP) is 2.73. The molecule has 0 atom stereocenters. The minimum absolute atomic E-state index is 0.0401. The molecule has 2 aromatic rings. The summed E-state index contributed by atoms with van der Waals surface area (Å²) < 4.78 is 0. The Bertz CT molecular complexity index is 671. The Labute approximate surface area is 119 Å². The van der Waals surface area contributed by atoms with Gasteiger partial charge in [0.05, 0.1) is 4.92 Å². The molecule has 0 amide bonds. The van der Waals surface area contributed by atoms with Crippen LogP contribution in [0.3, 0.4) is 0 Å². The first-order valence-electron chi connectivity index (χ1n) is 5.71. The van der Waals surface area contributed by atoms with Gasteiger partial charge in [-0.25, -0.2) is 4.98 Å². The third kappa shape index (κ3) is 3.12. The van der Waals surface area contributed by atoms with Gasteiger partial charge in [0, 0.05) is 28.3 Å². The molecule has 0 bridgehead atoms. The lowest BCUT2D eigenvalue weighted by Gasteiger charge is -2.07. The van der Waals surface area contributed by atoms with E-state index in [0.29, 0.717) is 10.6 Å². The highest BCUT2D eigenvalue weighted by atomic mass is 32.2. The number of pyridine rings is 1. The number of non-ortho nitro benzene ring substituents is 1. The number of aryl methyl sites for hydroxylation is 1. The first kappa shape index (κ1) is 14.0. The zero-order valence-electron chi connectivity index (χ0n) is 10.7. The van der Waals surface area contributed by atoms with Gasteiger partial charge in [0.15, 0.2) is 0 Å². The molecule has 1 aromatic carbocycles. The van der Waals surface area contributed by atoms with Crippen molar-refractivity contribution in [3.05, 3.63) is 57.8 Å². The van der Waals surface area contributed by atoms with Gasteiger partial charge in [-0.05, 0) is 31.2 Å². The van der Waals surface area contributed by atoms with E-state index in [1.165, 1.54) is 23.9 Å². The third-order valence-corrected chi connectivity index (χ3v) is 3.56. The molecule has 0 radical (unpaired) electrons. The van der Waals surface area contributed by atoms with Crippen LogP contribution in [0, 0.1) is 22.4 Å². The van der Waals surface area contributed by atoms with E-state index in [1.54, 1.807) is 24.3 Å². The van der Waals surface area contributed by atoms with Crippen molar-refractivity contribution in [3.63, 3.8) is 0 Å². The summed E-state index contributed by atoms with van der Waals surface area (Å²) in [6.45, 7) is 1.85. The van der Waals surface area contributed by atoms with E-state index in [1.807, 2.05) is 6.92 Å². The quantitative estimate of drug-likeness (QED) is 0.389. The van der Waals surface area contributed by atoms with E-state index in [4.69, 9.17) is 11.1 Å². The monoisotopic (exact) mass is 288 g/mol. The number of nitrogens with zero attached hydrogens (tertiary/aromatic N) is 2. The van der Waals surface area contributed by atoms with E-state index < -0.39 is 4.92 Å². The Morgan fingerprint density at radius 3 is 2.50 bits per heavy atom. The van der Waals surface area contributed by atoms with Crippen LogP contribution < -0.4 is 5.73 Å². The third-order valence-electron chi connectivity index (χ3n) is 2.55. The maximum Gasteiger partial charge on any atom is 0.269 e. The predicted molar refractivity (Wildman–Crippen MR) is 77.2 cm³/mol. The number of benzene rings is 1. The highest BCUT2D eigenvalue weighted by Crippen LogP contribution is 2.30. The van der Waals surface area contributed by atoms with E-state index in [2.05, 4.69) is 4.98 Å². The van der Waals surface area contributed by atoms with E-state index in [0.717, 1.165) is 10.6 Å². The van der Waals surface area contributed by atoms with Gasteiger partial charge < -0.3 is 5.73 Å². The molecular formula is C13H12N4O2S. The maximum absolute atomic E-state index is 10.6. The molecule has 0 saturated heterocycles. The summed E-state index contributed by atoms with van der Waals surface area (Å²) in [6.07, 6.45) is 0. The highest BCUT2D eigenvalue weighted by molar-refractivity contribution is 7.99. The summed E-state index contributed by atoms with van der Waals surface area (Å²) in [5.41, 5.74) is 6.94. The van der Waals surface area contributed by atoms with Crippen LogP contribution >= 0.6 is 11.8 Å². The van der Waals surface area contributed by atoms with Gasteiger partial charge in [-0.15, -0.1) is 0 Å². The number of rotatable bonds is 4. The average Bonchev–Trinajstić information content (AvgIpc) is 2.39. The van der Waals surface area contributed by atoms with Crippen molar-refractivity contribution < 1.29 is 4.92 Å². The number of nitrogens with one attached hydrogen (secondary N) is 1. The van der Waals surface area contributed by atoms with E-state index >= 15 is 0 Å². The van der Waals surface area contributed by atoms with Crippen LogP contribution in [0.5, 0.6) is 0 Å². The van der Waals surface area contributed by atoms with Gasteiger partial charge in [-0.2, -0.15) is 0 Å². The van der Waals surface area contributed by atoms with Gasteiger partial charge in [0.1, 0.15) is 10.9 Å². The number of nitro groups is 1. The Morgan fingerprint density at radius 1 is 1.30 bits per heavy atom. The van der Waals surface area contributed by atoms with Gasteiger partial charge in [0.25, 0.3) is 5.69 Å². The fraction of sp³-hybridized carbons (Fsp3) is 0.0769. The minimum atomic E-state index is -0.444. The fourth-order valence-electron chi connectivity index (χ4n) is 1.56. The van der Waals surface area contributed by atoms with E-state index in [9.17, 15) is 10.1 Å². The highest BCUT2D eigenvalue weighted by Gasteiger charge is 2.10. The topological polar surface area (TPSA) is 106 Å². The second-order valence-corrected chi connectivity index (χ2v) is 5.13. The van der Waals surface area contributed by atoms with Crippen molar-refractivity contribution >= 4 is 23.3 Å². The van der Waals surface area contributed by atoms with Crippen LogP contribution in [0.15, 0.2) is 46.3 Å².